The first kappa shape index (κ1) is 20.6. The minimum Gasteiger partial charge on any atom is -0.437 e. The third-order valence-corrected chi connectivity index (χ3v) is 6.32. The van der Waals surface area contributed by atoms with E-state index in [2.05, 4.69) is 16.0 Å². The maximum absolute atomic E-state index is 14.7. The smallest absolute Gasteiger partial charge is 0.376 e. The van der Waals surface area contributed by atoms with Gasteiger partial charge in [0.15, 0.2) is 0 Å². The number of fused-ring (bicyclic) bond motifs is 1. The topological polar surface area (TPSA) is 65.6 Å². The number of benzene rings is 2. The summed E-state index contributed by atoms with van der Waals surface area (Å²) < 4.78 is 14.7. The second kappa shape index (κ2) is 8.24. The van der Waals surface area contributed by atoms with Crippen LogP contribution in [-0.4, -0.2) is 48.0 Å². The van der Waals surface area contributed by atoms with Crippen molar-refractivity contribution >= 4 is 29.3 Å². The molecule has 5 nitrogen and oxygen atoms in total. The summed E-state index contributed by atoms with van der Waals surface area (Å²) in [4.78, 5) is 8.62. The van der Waals surface area contributed by atoms with Crippen LogP contribution in [0.3, 0.4) is 0 Å². The third-order valence-electron chi connectivity index (χ3n) is 6.32. The maximum atomic E-state index is 14.7. The highest BCUT2D eigenvalue weighted by Crippen LogP contribution is 2.37. The highest BCUT2D eigenvalue weighted by molar-refractivity contribution is 6.45. The lowest BCUT2D eigenvalue weighted by Gasteiger charge is -2.39. The molecule has 0 unspecified atom stereocenters. The lowest BCUT2D eigenvalue weighted by molar-refractivity contribution is 0.283. The molecule has 2 heterocycles. The number of nitrogen functional groups attached to an aromatic ring is 1. The van der Waals surface area contributed by atoms with Crippen LogP contribution in [0.15, 0.2) is 42.6 Å². The van der Waals surface area contributed by atoms with E-state index in [9.17, 15) is 9.41 Å². The number of aryl methyl sites for hydroxylation is 1. The molecule has 3 aromatic rings. The predicted octanol–water partition coefficient (Wildman–Crippen LogP) is 3.94. The molecule has 0 spiro atoms. The molecule has 1 saturated heterocycles. The summed E-state index contributed by atoms with van der Waals surface area (Å²) in [5, 5.41) is 11.9. The van der Waals surface area contributed by atoms with Crippen LogP contribution in [0.2, 0.25) is 6.82 Å². The number of nitrogens with two attached hydrogens (primary N) is 1. The normalized spacial score (nSPS) is 15.2. The Labute approximate surface area is 177 Å². The van der Waals surface area contributed by atoms with Crippen LogP contribution in [0, 0.1) is 12.7 Å². The molecule has 0 aliphatic carbocycles. The van der Waals surface area contributed by atoms with Crippen molar-refractivity contribution in [2.75, 3.05) is 30.8 Å². The van der Waals surface area contributed by atoms with Crippen LogP contribution in [-0.2, 0) is 0 Å². The fourth-order valence-electron chi connectivity index (χ4n) is 4.48. The zero-order valence-corrected chi connectivity index (χ0v) is 17.8. The molecule has 4 rings (SSSR count). The van der Waals surface area contributed by atoms with E-state index in [1.54, 1.807) is 19.1 Å². The maximum Gasteiger partial charge on any atom is 0.376 e. The first-order chi connectivity index (χ1) is 14.3. The first-order valence-electron chi connectivity index (χ1n) is 10.4. The number of hydrogen-bond donors (Lipinski definition) is 2. The Morgan fingerprint density at radius 2 is 1.97 bits per heavy atom. The quantitative estimate of drug-likeness (QED) is 0.643. The number of anilines is 2. The number of halogens is 1. The third kappa shape index (κ3) is 3.87. The molecule has 0 atom stereocenters. The number of nitrogens with zero attached hydrogens (tertiary/aromatic N) is 3. The minimum absolute atomic E-state index is 0.221. The molecule has 2 aromatic carbocycles. The highest BCUT2D eigenvalue weighted by atomic mass is 19.1. The van der Waals surface area contributed by atoms with Gasteiger partial charge in [0.05, 0.1) is 0 Å². The molecule has 30 heavy (non-hydrogen) atoms. The van der Waals surface area contributed by atoms with Gasteiger partial charge in [-0.05, 0) is 69.0 Å². The van der Waals surface area contributed by atoms with Crippen molar-refractivity contribution in [3.05, 3.63) is 54.0 Å². The number of piperidine rings is 1. The van der Waals surface area contributed by atoms with Gasteiger partial charge in [-0.25, -0.2) is 9.37 Å². The number of rotatable bonds is 4. The van der Waals surface area contributed by atoms with E-state index in [1.165, 1.54) is 6.07 Å². The summed E-state index contributed by atoms with van der Waals surface area (Å²) in [6, 6.07) is 11.5. The summed E-state index contributed by atoms with van der Waals surface area (Å²) in [7, 11) is 1.51. The monoisotopic (exact) mass is 406 g/mol. The average molecular weight is 406 g/mol. The Morgan fingerprint density at radius 3 is 2.63 bits per heavy atom. The van der Waals surface area contributed by atoms with E-state index in [0.29, 0.717) is 17.4 Å². The molecule has 0 amide bonds. The number of pyridine rings is 1. The van der Waals surface area contributed by atoms with Gasteiger partial charge in [0, 0.05) is 47.4 Å². The van der Waals surface area contributed by atoms with Crippen molar-refractivity contribution in [1.29, 1.82) is 0 Å². The molecule has 0 saturated carbocycles. The van der Waals surface area contributed by atoms with Crippen molar-refractivity contribution in [2.24, 2.45) is 0 Å². The summed E-state index contributed by atoms with van der Waals surface area (Å²) in [5.41, 5.74) is 9.42. The van der Waals surface area contributed by atoms with Crippen LogP contribution in [0.4, 0.5) is 15.9 Å². The van der Waals surface area contributed by atoms with Crippen LogP contribution < -0.4 is 10.6 Å². The van der Waals surface area contributed by atoms with Crippen molar-refractivity contribution < 1.29 is 9.41 Å². The number of aromatic nitrogens is 1. The van der Waals surface area contributed by atoms with Gasteiger partial charge in [0.25, 0.3) is 0 Å². The van der Waals surface area contributed by atoms with E-state index >= 15 is 0 Å². The van der Waals surface area contributed by atoms with E-state index in [1.807, 2.05) is 37.0 Å². The molecule has 1 aliphatic heterocycles. The predicted molar refractivity (Wildman–Crippen MR) is 123 cm³/mol. The van der Waals surface area contributed by atoms with Crippen LogP contribution in [0.5, 0.6) is 0 Å². The standard InChI is InChI=1S/C23H28BFN4O/c1-15-5-4-6-20(25)23(15)16-11-17-14-27-22(26)13-19(17)21(12-16)29-9-7-18(8-10-29)28(3)24(2)30/h4-6,11-14,18,30H,7-10H2,1-3H3,(H2,26,27). The number of hydrogen-bond acceptors (Lipinski definition) is 5. The van der Waals surface area contributed by atoms with Crippen molar-refractivity contribution in [3.63, 3.8) is 0 Å². The second-order valence-electron chi connectivity index (χ2n) is 8.27. The second-order valence-corrected chi connectivity index (χ2v) is 8.27. The Morgan fingerprint density at radius 1 is 1.23 bits per heavy atom. The zero-order chi connectivity index (χ0) is 21.4. The first-order valence-corrected chi connectivity index (χ1v) is 10.4. The van der Waals surface area contributed by atoms with Gasteiger partial charge in [0.2, 0.25) is 0 Å². The van der Waals surface area contributed by atoms with E-state index < -0.39 is 7.05 Å². The summed E-state index contributed by atoms with van der Waals surface area (Å²) in [5.74, 6) is 0.253. The van der Waals surface area contributed by atoms with Gasteiger partial charge >= 0.3 is 7.05 Å². The van der Waals surface area contributed by atoms with Gasteiger partial charge < -0.3 is 20.5 Å². The van der Waals surface area contributed by atoms with Gasteiger partial charge in [-0.2, -0.15) is 0 Å². The molecule has 1 fully saturated rings. The minimum atomic E-state index is -0.458. The molecular formula is C23H28BFN4O. The van der Waals surface area contributed by atoms with Crippen molar-refractivity contribution in [1.82, 2.24) is 9.79 Å². The lowest BCUT2D eigenvalue weighted by Crippen LogP contribution is -2.48. The zero-order valence-electron chi connectivity index (χ0n) is 17.8. The largest absolute Gasteiger partial charge is 0.437 e. The average Bonchev–Trinajstić information content (AvgIpc) is 2.73. The SMILES string of the molecule is CB(O)N(C)C1CCN(c2cc(-c3c(C)cccc3F)cc3cnc(N)cc23)CC1. The van der Waals surface area contributed by atoms with Crippen molar-refractivity contribution in [2.45, 2.75) is 32.6 Å². The Balaban J connectivity index is 1.76. The van der Waals surface area contributed by atoms with E-state index in [0.717, 1.165) is 53.5 Å². The molecule has 1 aromatic heterocycles. The molecule has 1 aliphatic rings. The van der Waals surface area contributed by atoms with E-state index in [4.69, 9.17) is 5.73 Å². The van der Waals surface area contributed by atoms with Crippen LogP contribution in [0.25, 0.3) is 21.9 Å². The molecule has 0 bridgehead atoms. The molecule has 0 radical (unpaired) electrons. The van der Waals surface area contributed by atoms with Gasteiger partial charge in [-0.15, -0.1) is 0 Å². The fraction of sp³-hybridized carbons (Fsp3) is 0.348. The van der Waals surface area contributed by atoms with Crippen LogP contribution >= 0.6 is 0 Å². The Bertz CT molecular complexity index is 1050. The van der Waals surface area contributed by atoms with Gasteiger partial charge in [-0.1, -0.05) is 12.1 Å². The van der Waals surface area contributed by atoms with Gasteiger partial charge in [0.1, 0.15) is 11.6 Å². The molecule has 3 N–H and O–H groups in total. The lowest BCUT2D eigenvalue weighted by atomic mass is 9.82. The Hall–Kier alpha value is -2.64. The molecule has 7 heteroatoms. The van der Waals surface area contributed by atoms with Crippen molar-refractivity contribution in [3.8, 4) is 11.1 Å². The molecular weight excluding hydrogens is 378 g/mol. The summed E-state index contributed by atoms with van der Waals surface area (Å²) >= 11 is 0. The molecule has 156 valence electrons. The fourth-order valence-corrected chi connectivity index (χ4v) is 4.48. The summed E-state index contributed by atoms with van der Waals surface area (Å²) in [6.45, 7) is 5.45. The van der Waals surface area contributed by atoms with E-state index in [-0.39, 0.29) is 5.82 Å². The van der Waals surface area contributed by atoms with Gasteiger partial charge in [-0.3, -0.25) is 0 Å². The van der Waals surface area contributed by atoms with Crippen LogP contribution in [0.1, 0.15) is 18.4 Å². The summed E-state index contributed by atoms with van der Waals surface area (Å²) in [6.07, 6.45) is 3.67. The highest BCUT2D eigenvalue weighted by Gasteiger charge is 2.27. The Kier molecular flexibility index (Phi) is 5.67.